The van der Waals surface area contributed by atoms with Crippen molar-refractivity contribution in [2.24, 2.45) is 0 Å². The Morgan fingerprint density at radius 3 is 2.23 bits per heavy atom. The molecule has 0 aliphatic carbocycles. The van der Waals surface area contributed by atoms with Gasteiger partial charge in [-0.2, -0.15) is 0 Å². The Kier molecular flexibility index (Phi) is 4.71. The van der Waals surface area contributed by atoms with Crippen molar-refractivity contribution in [1.29, 1.82) is 0 Å². The van der Waals surface area contributed by atoms with Crippen molar-refractivity contribution in [2.45, 2.75) is 31.3 Å². The lowest BCUT2D eigenvalue weighted by Gasteiger charge is -2.36. The summed E-state index contributed by atoms with van der Waals surface area (Å²) in [6.07, 6.45) is 0.118. The van der Waals surface area contributed by atoms with Crippen molar-refractivity contribution < 1.29 is 24.5 Å². The van der Waals surface area contributed by atoms with Gasteiger partial charge >= 0.3 is 5.97 Å². The first-order valence-corrected chi connectivity index (χ1v) is 7.26. The molecule has 1 saturated heterocycles. The minimum Gasteiger partial charge on any atom is -0.497 e. The van der Waals surface area contributed by atoms with Crippen LogP contribution >= 0.6 is 0 Å². The minimum absolute atomic E-state index is 0.0578. The number of carbonyl (C=O) groups excluding carboxylic acids is 1. The molecule has 1 fully saturated rings. The number of amides is 1. The normalized spacial score (nSPS) is 18.6. The number of nitrogens with zero attached hydrogens (tertiary/aromatic N) is 1. The van der Waals surface area contributed by atoms with E-state index < -0.39 is 11.6 Å². The molecule has 0 bridgehead atoms. The van der Waals surface area contributed by atoms with E-state index in [2.05, 4.69) is 0 Å². The zero-order chi connectivity index (χ0) is 16.3. The van der Waals surface area contributed by atoms with Gasteiger partial charge in [-0.15, -0.1) is 0 Å². The van der Waals surface area contributed by atoms with Gasteiger partial charge in [-0.25, -0.2) is 4.79 Å². The van der Waals surface area contributed by atoms with Gasteiger partial charge in [-0.3, -0.25) is 4.79 Å². The van der Waals surface area contributed by atoms with E-state index in [0.717, 1.165) is 11.3 Å². The Hall–Kier alpha value is -2.08. The molecular formula is C16H21NO5. The van der Waals surface area contributed by atoms with Crippen molar-refractivity contribution in [3.05, 3.63) is 29.8 Å². The number of carbonyl (C=O) groups is 2. The number of ether oxygens (including phenoxy) is 1. The molecular weight excluding hydrogens is 286 g/mol. The Morgan fingerprint density at radius 1 is 1.23 bits per heavy atom. The monoisotopic (exact) mass is 307 g/mol. The summed E-state index contributed by atoms with van der Waals surface area (Å²) in [6, 6.07) is 7.30. The molecule has 2 rings (SSSR count). The number of aliphatic hydroxyl groups is 1. The molecule has 1 aliphatic rings. The van der Waals surface area contributed by atoms with Crippen LogP contribution in [0, 0.1) is 0 Å². The lowest BCUT2D eigenvalue weighted by Crippen LogP contribution is -2.51. The van der Waals surface area contributed by atoms with Gasteiger partial charge in [0.1, 0.15) is 5.75 Å². The van der Waals surface area contributed by atoms with Crippen LogP contribution in [0.2, 0.25) is 0 Å². The number of hydrogen-bond donors (Lipinski definition) is 2. The number of aliphatic carboxylic acids is 1. The number of methoxy groups -OCH3 is 1. The van der Waals surface area contributed by atoms with Gasteiger partial charge in [0.15, 0.2) is 5.60 Å². The fourth-order valence-corrected chi connectivity index (χ4v) is 2.62. The van der Waals surface area contributed by atoms with E-state index in [0.29, 0.717) is 0 Å². The first-order chi connectivity index (χ1) is 10.4. The van der Waals surface area contributed by atoms with Gasteiger partial charge in [0, 0.05) is 25.9 Å². The quantitative estimate of drug-likeness (QED) is 0.874. The summed E-state index contributed by atoms with van der Waals surface area (Å²) in [6.45, 7) is 2.33. The van der Waals surface area contributed by atoms with Gasteiger partial charge in [0.25, 0.3) is 0 Å². The Balaban J connectivity index is 2.01. The summed E-state index contributed by atoms with van der Waals surface area (Å²) in [7, 11) is 1.58. The molecule has 1 unspecified atom stereocenters. The number of likely N-dealkylation sites (tertiary alicyclic amines) is 1. The molecule has 2 N–H and O–H groups in total. The van der Waals surface area contributed by atoms with Crippen molar-refractivity contribution in [2.75, 3.05) is 20.2 Å². The molecule has 1 heterocycles. The van der Waals surface area contributed by atoms with Crippen LogP contribution in [0.3, 0.4) is 0 Å². The number of rotatable bonds is 4. The summed E-state index contributed by atoms with van der Waals surface area (Å²) in [5.41, 5.74) is -0.829. The maximum atomic E-state index is 12.5. The fourth-order valence-electron chi connectivity index (χ4n) is 2.62. The van der Waals surface area contributed by atoms with E-state index >= 15 is 0 Å². The van der Waals surface area contributed by atoms with Crippen molar-refractivity contribution >= 4 is 11.9 Å². The van der Waals surface area contributed by atoms with Crippen LogP contribution in [0.1, 0.15) is 31.2 Å². The fraction of sp³-hybridized carbons (Fsp3) is 0.500. The largest absolute Gasteiger partial charge is 0.497 e. The zero-order valence-electron chi connectivity index (χ0n) is 12.8. The second kappa shape index (κ2) is 6.36. The molecule has 1 amide bonds. The number of carboxylic acid groups (broad SMARTS) is 1. The second-order valence-corrected chi connectivity index (χ2v) is 5.66. The molecule has 22 heavy (non-hydrogen) atoms. The molecule has 0 aromatic heterocycles. The Bertz CT molecular complexity index is 546. The van der Waals surface area contributed by atoms with Crippen LogP contribution in [-0.4, -0.2) is 52.8 Å². The average Bonchev–Trinajstić information content (AvgIpc) is 2.54. The Morgan fingerprint density at radius 2 is 1.77 bits per heavy atom. The van der Waals surface area contributed by atoms with E-state index in [1.165, 1.54) is 0 Å². The number of piperidine rings is 1. The van der Waals surface area contributed by atoms with Gasteiger partial charge in [-0.1, -0.05) is 12.1 Å². The van der Waals surface area contributed by atoms with Gasteiger partial charge in [0.2, 0.25) is 5.91 Å². The van der Waals surface area contributed by atoms with Crippen LogP contribution in [-0.2, 0) is 9.59 Å². The lowest BCUT2D eigenvalue weighted by atomic mass is 9.90. The molecule has 120 valence electrons. The molecule has 0 radical (unpaired) electrons. The topological polar surface area (TPSA) is 87.1 Å². The number of carboxylic acids is 1. The van der Waals surface area contributed by atoms with E-state index in [9.17, 15) is 14.7 Å². The molecule has 6 nitrogen and oxygen atoms in total. The first-order valence-electron chi connectivity index (χ1n) is 7.26. The third-order valence-electron chi connectivity index (χ3n) is 4.29. The molecule has 1 atom stereocenters. The van der Waals surface area contributed by atoms with Crippen molar-refractivity contribution in [1.82, 2.24) is 4.90 Å². The molecule has 1 aliphatic heterocycles. The third-order valence-corrected chi connectivity index (χ3v) is 4.29. The molecule has 1 aromatic carbocycles. The summed E-state index contributed by atoms with van der Waals surface area (Å²) in [5.74, 6) is -0.866. The van der Waals surface area contributed by atoms with Crippen molar-refractivity contribution in [3.63, 3.8) is 0 Å². The predicted octanol–water partition coefficient (Wildman–Crippen LogP) is 1.24. The standard InChI is InChI=1S/C16H21NO5/c1-11(12-3-5-13(22-2)6-4-12)14(18)17-9-7-16(21,8-10-17)15(19)20/h3-6,11,21H,7-10H2,1-2H3,(H,19,20). The third kappa shape index (κ3) is 3.22. The smallest absolute Gasteiger partial charge is 0.335 e. The van der Waals surface area contributed by atoms with Gasteiger partial charge < -0.3 is 19.8 Å². The highest BCUT2D eigenvalue weighted by molar-refractivity contribution is 5.84. The summed E-state index contributed by atoms with van der Waals surface area (Å²) >= 11 is 0. The molecule has 6 heteroatoms. The highest BCUT2D eigenvalue weighted by Crippen LogP contribution is 2.26. The SMILES string of the molecule is COc1ccc(C(C)C(=O)N2CCC(O)(C(=O)O)CC2)cc1. The minimum atomic E-state index is -1.71. The number of benzene rings is 1. The summed E-state index contributed by atoms with van der Waals surface area (Å²) < 4.78 is 5.09. The van der Waals surface area contributed by atoms with E-state index in [1.54, 1.807) is 24.1 Å². The zero-order valence-corrected chi connectivity index (χ0v) is 12.8. The van der Waals surface area contributed by atoms with Crippen molar-refractivity contribution in [3.8, 4) is 5.75 Å². The van der Waals surface area contributed by atoms with E-state index in [-0.39, 0.29) is 37.8 Å². The van der Waals surface area contributed by atoms with Crippen LogP contribution in [0.5, 0.6) is 5.75 Å². The van der Waals surface area contributed by atoms with E-state index in [4.69, 9.17) is 9.84 Å². The highest BCUT2D eigenvalue weighted by Gasteiger charge is 2.41. The second-order valence-electron chi connectivity index (χ2n) is 5.66. The maximum absolute atomic E-state index is 12.5. The predicted molar refractivity (Wildman–Crippen MR) is 79.8 cm³/mol. The lowest BCUT2D eigenvalue weighted by molar-refractivity contribution is -0.165. The maximum Gasteiger partial charge on any atom is 0.335 e. The molecule has 0 saturated carbocycles. The molecule has 0 spiro atoms. The average molecular weight is 307 g/mol. The van der Waals surface area contributed by atoms with Gasteiger partial charge in [-0.05, 0) is 24.6 Å². The van der Waals surface area contributed by atoms with Gasteiger partial charge in [0.05, 0.1) is 13.0 Å². The number of hydrogen-bond acceptors (Lipinski definition) is 4. The summed E-state index contributed by atoms with van der Waals surface area (Å²) in [4.78, 5) is 25.1. The summed E-state index contributed by atoms with van der Waals surface area (Å²) in [5, 5.41) is 18.9. The first kappa shape index (κ1) is 16.3. The Labute approximate surface area is 129 Å². The molecule has 1 aromatic rings. The van der Waals surface area contributed by atoms with Crippen LogP contribution in [0.4, 0.5) is 0 Å². The van der Waals surface area contributed by atoms with E-state index in [1.807, 2.05) is 19.1 Å². The van der Waals surface area contributed by atoms with Crippen LogP contribution < -0.4 is 4.74 Å². The highest BCUT2D eigenvalue weighted by atomic mass is 16.5. The van der Waals surface area contributed by atoms with Crippen LogP contribution in [0.25, 0.3) is 0 Å². The van der Waals surface area contributed by atoms with Crippen LogP contribution in [0.15, 0.2) is 24.3 Å².